The Bertz CT molecular complexity index is 1630. The van der Waals surface area contributed by atoms with E-state index in [0.717, 1.165) is 28.9 Å². The summed E-state index contributed by atoms with van der Waals surface area (Å²) in [5.41, 5.74) is 10.3. The number of aromatic nitrogens is 2. The quantitative estimate of drug-likeness (QED) is 0.161. The number of benzene rings is 4. The molecule has 0 fully saturated rings. The summed E-state index contributed by atoms with van der Waals surface area (Å²) >= 11 is 0. The van der Waals surface area contributed by atoms with Gasteiger partial charge in [0.05, 0.1) is 0 Å². The minimum Gasteiger partial charge on any atom is -0.305 e. The average Bonchev–Trinajstić information content (AvgIpc) is 3.03. The maximum atomic E-state index is 4.51. The Hall–Kier alpha value is -4.17. The van der Waals surface area contributed by atoms with Gasteiger partial charge < -0.3 is 9.97 Å². The van der Waals surface area contributed by atoms with Gasteiger partial charge in [-0.25, -0.2) is 0 Å². The van der Waals surface area contributed by atoms with Crippen molar-refractivity contribution in [1.29, 1.82) is 0 Å². The molecular weight excluding hydrogens is 677 g/mol. The van der Waals surface area contributed by atoms with Crippen LogP contribution in [0.25, 0.3) is 33.6 Å². The molecule has 205 valence electrons. The number of hydrogen-bond acceptors (Lipinski definition) is 2. The molecule has 0 aliphatic rings. The smallest absolute Gasteiger partial charge is 0.0163 e. The monoisotopic (exact) mass is 709 g/mol. The molecule has 6 aromatic rings. The van der Waals surface area contributed by atoms with E-state index < -0.39 is 0 Å². The van der Waals surface area contributed by atoms with Crippen LogP contribution in [0.3, 0.4) is 0 Å². The van der Waals surface area contributed by atoms with Crippen LogP contribution in [0.1, 0.15) is 36.5 Å². The SMILES string of the molecule is CC(C)c1ccnc(-c2[c-]ccc(-c3ccccc3)c2)c1.[Ir].[c-]1ccccc1-c1ncccc1Cc1ccccc1. The summed E-state index contributed by atoms with van der Waals surface area (Å²) in [4.78, 5) is 9.01. The van der Waals surface area contributed by atoms with Gasteiger partial charge in [0.1, 0.15) is 0 Å². The van der Waals surface area contributed by atoms with E-state index in [1.54, 1.807) is 0 Å². The molecule has 2 aromatic heterocycles. The third kappa shape index (κ3) is 8.17. The van der Waals surface area contributed by atoms with Crippen molar-refractivity contribution < 1.29 is 20.1 Å². The molecule has 0 bridgehead atoms. The van der Waals surface area contributed by atoms with Gasteiger partial charge in [0.2, 0.25) is 0 Å². The topological polar surface area (TPSA) is 25.8 Å². The molecule has 3 heteroatoms. The van der Waals surface area contributed by atoms with Crippen molar-refractivity contribution in [2.75, 3.05) is 0 Å². The van der Waals surface area contributed by atoms with Gasteiger partial charge in [-0.1, -0.05) is 97.8 Å². The molecule has 41 heavy (non-hydrogen) atoms. The Morgan fingerprint density at radius 1 is 0.610 bits per heavy atom. The minimum absolute atomic E-state index is 0. The first-order valence-corrected chi connectivity index (χ1v) is 13.7. The van der Waals surface area contributed by atoms with Gasteiger partial charge in [-0.3, -0.25) is 0 Å². The van der Waals surface area contributed by atoms with Crippen LogP contribution < -0.4 is 0 Å². The number of nitrogens with zero attached hydrogens (tertiary/aromatic N) is 2. The van der Waals surface area contributed by atoms with Crippen molar-refractivity contribution in [3.8, 4) is 33.6 Å². The molecule has 2 heterocycles. The van der Waals surface area contributed by atoms with Crippen molar-refractivity contribution in [1.82, 2.24) is 9.97 Å². The van der Waals surface area contributed by atoms with Gasteiger partial charge >= 0.3 is 0 Å². The van der Waals surface area contributed by atoms with Gasteiger partial charge in [-0.05, 0) is 47.0 Å². The van der Waals surface area contributed by atoms with Crippen molar-refractivity contribution in [3.05, 3.63) is 169 Å². The van der Waals surface area contributed by atoms with Crippen molar-refractivity contribution >= 4 is 0 Å². The Morgan fingerprint density at radius 2 is 1.34 bits per heavy atom. The maximum absolute atomic E-state index is 4.51. The van der Waals surface area contributed by atoms with Crippen LogP contribution in [0, 0.1) is 12.1 Å². The minimum atomic E-state index is 0. The molecule has 0 saturated heterocycles. The Labute approximate surface area is 257 Å². The van der Waals surface area contributed by atoms with E-state index in [1.165, 1.54) is 27.8 Å². The first kappa shape index (κ1) is 29.8. The standard InChI is InChI=1S/C20H18N.C18H14N.Ir/c1-15(2)17-11-12-21-20(14-17)19-10-6-9-18(13-19)16-7-4-3-5-8-16;1-3-8-15(9-4-1)14-17-12-7-13-19-18(17)16-10-5-2-6-11-16;/h3-9,11-15H,1-2H3;1-10,12-13H,14H2;/q2*-1;. The third-order valence-corrected chi connectivity index (χ3v) is 6.73. The molecule has 0 N–H and O–H groups in total. The average molecular weight is 709 g/mol. The Kier molecular flexibility index (Phi) is 10.9. The Balaban J connectivity index is 0.000000185. The largest absolute Gasteiger partial charge is 0.305 e. The molecular formula is C38H32IrN2-2. The van der Waals surface area contributed by atoms with Gasteiger partial charge in [-0.2, -0.15) is 0 Å². The van der Waals surface area contributed by atoms with Crippen LogP contribution in [-0.4, -0.2) is 9.97 Å². The molecule has 0 saturated carbocycles. The van der Waals surface area contributed by atoms with Crippen LogP contribution in [0.4, 0.5) is 0 Å². The van der Waals surface area contributed by atoms with E-state index in [9.17, 15) is 0 Å². The zero-order valence-electron chi connectivity index (χ0n) is 23.3. The van der Waals surface area contributed by atoms with Crippen LogP contribution in [-0.2, 0) is 26.5 Å². The molecule has 2 nitrogen and oxygen atoms in total. The van der Waals surface area contributed by atoms with Crippen LogP contribution in [0.2, 0.25) is 0 Å². The fourth-order valence-electron chi connectivity index (χ4n) is 4.56. The van der Waals surface area contributed by atoms with Crippen LogP contribution >= 0.6 is 0 Å². The van der Waals surface area contributed by atoms with E-state index in [0.29, 0.717) is 5.92 Å². The van der Waals surface area contributed by atoms with Gasteiger partial charge in [0, 0.05) is 32.5 Å². The normalized spacial score (nSPS) is 10.3. The zero-order chi connectivity index (χ0) is 27.6. The summed E-state index contributed by atoms with van der Waals surface area (Å²) in [6, 6.07) is 50.0. The van der Waals surface area contributed by atoms with Crippen LogP contribution in [0.5, 0.6) is 0 Å². The molecule has 4 aromatic carbocycles. The molecule has 0 aliphatic carbocycles. The fraction of sp³-hybridized carbons (Fsp3) is 0.105. The molecule has 1 radical (unpaired) electrons. The molecule has 0 amide bonds. The van der Waals surface area contributed by atoms with Gasteiger partial charge in [0.25, 0.3) is 0 Å². The zero-order valence-corrected chi connectivity index (χ0v) is 25.7. The van der Waals surface area contributed by atoms with E-state index in [1.807, 2.05) is 54.9 Å². The van der Waals surface area contributed by atoms with E-state index in [2.05, 4.69) is 121 Å². The number of hydrogen-bond donors (Lipinski definition) is 0. The second kappa shape index (κ2) is 15.0. The molecule has 0 spiro atoms. The number of rotatable bonds is 6. The van der Waals surface area contributed by atoms with Crippen molar-refractivity contribution in [2.45, 2.75) is 26.2 Å². The first-order chi connectivity index (χ1) is 19.7. The predicted molar refractivity (Wildman–Crippen MR) is 166 cm³/mol. The maximum Gasteiger partial charge on any atom is 0.0163 e. The summed E-state index contributed by atoms with van der Waals surface area (Å²) in [6.45, 7) is 4.40. The predicted octanol–water partition coefficient (Wildman–Crippen LogP) is 9.48. The summed E-state index contributed by atoms with van der Waals surface area (Å²) in [5, 5.41) is 0. The van der Waals surface area contributed by atoms with Gasteiger partial charge in [-0.15, -0.1) is 71.3 Å². The second-order valence-electron chi connectivity index (χ2n) is 9.94. The molecule has 0 unspecified atom stereocenters. The molecule has 6 rings (SSSR count). The number of pyridine rings is 2. The van der Waals surface area contributed by atoms with Gasteiger partial charge in [0.15, 0.2) is 0 Å². The van der Waals surface area contributed by atoms with Crippen molar-refractivity contribution in [2.24, 2.45) is 0 Å². The first-order valence-electron chi connectivity index (χ1n) is 13.7. The second-order valence-corrected chi connectivity index (χ2v) is 9.94. The summed E-state index contributed by atoms with van der Waals surface area (Å²) < 4.78 is 0. The van der Waals surface area contributed by atoms with E-state index in [-0.39, 0.29) is 20.1 Å². The Morgan fingerprint density at radius 3 is 2.07 bits per heavy atom. The summed E-state index contributed by atoms with van der Waals surface area (Å²) in [6.07, 6.45) is 4.62. The third-order valence-electron chi connectivity index (χ3n) is 6.73. The summed E-state index contributed by atoms with van der Waals surface area (Å²) in [7, 11) is 0. The fourth-order valence-corrected chi connectivity index (χ4v) is 4.56. The van der Waals surface area contributed by atoms with E-state index >= 15 is 0 Å². The van der Waals surface area contributed by atoms with E-state index in [4.69, 9.17) is 0 Å². The van der Waals surface area contributed by atoms with Crippen LogP contribution in [0.15, 0.2) is 140 Å². The molecule has 0 aliphatic heterocycles. The summed E-state index contributed by atoms with van der Waals surface area (Å²) in [5.74, 6) is 0.504. The molecule has 0 atom stereocenters. The van der Waals surface area contributed by atoms with Crippen molar-refractivity contribution in [3.63, 3.8) is 0 Å².